The molecule has 0 saturated heterocycles. The molecule has 126 valence electrons. The number of aryl methyl sites for hydroxylation is 2. The first kappa shape index (κ1) is 19.6. The molecule has 0 aliphatic heterocycles. The Balaban J connectivity index is 0.00000242. The Morgan fingerprint density at radius 3 is 2.59 bits per heavy atom. The van der Waals surface area contributed by atoms with Crippen LogP contribution in [0.25, 0.3) is 0 Å². The molecule has 5 nitrogen and oxygen atoms in total. The van der Waals surface area contributed by atoms with E-state index in [0.717, 1.165) is 44.0 Å². The molecule has 0 atom stereocenters. The van der Waals surface area contributed by atoms with E-state index in [1.54, 1.807) is 11.3 Å². The molecule has 0 spiro atoms. The van der Waals surface area contributed by atoms with E-state index in [0.29, 0.717) is 6.54 Å². The van der Waals surface area contributed by atoms with Gasteiger partial charge in [0, 0.05) is 29.8 Å². The molecule has 1 fully saturated rings. The van der Waals surface area contributed by atoms with Gasteiger partial charge in [-0.3, -0.25) is 4.99 Å². The van der Waals surface area contributed by atoms with Crippen molar-refractivity contribution in [3.05, 3.63) is 15.6 Å². The highest BCUT2D eigenvalue weighted by molar-refractivity contribution is 14.0. The minimum absolute atomic E-state index is 0. The van der Waals surface area contributed by atoms with Crippen LogP contribution in [0.15, 0.2) is 4.99 Å². The van der Waals surface area contributed by atoms with Crippen molar-refractivity contribution in [3.8, 4) is 0 Å². The lowest BCUT2D eigenvalue weighted by molar-refractivity contribution is 0.217. The average molecular weight is 438 g/mol. The Labute approximate surface area is 154 Å². The summed E-state index contributed by atoms with van der Waals surface area (Å²) in [6.07, 6.45) is 3.09. The number of nitrogens with zero attached hydrogens (tertiary/aromatic N) is 2. The Bertz CT molecular complexity index is 480. The number of hydrogen-bond acceptors (Lipinski definition) is 4. The predicted octanol–water partition coefficient (Wildman–Crippen LogP) is 2.25. The topological polar surface area (TPSA) is 69.5 Å². The Morgan fingerprint density at radius 2 is 2.09 bits per heavy atom. The lowest BCUT2D eigenvalue weighted by atomic mass is 10.1. The maximum atomic E-state index is 9.34. The molecule has 0 amide bonds. The van der Waals surface area contributed by atoms with Crippen LogP contribution in [0, 0.1) is 19.3 Å². The van der Waals surface area contributed by atoms with Crippen LogP contribution in [0.1, 0.15) is 35.3 Å². The van der Waals surface area contributed by atoms with Crippen molar-refractivity contribution in [2.24, 2.45) is 10.4 Å². The number of guanidine groups is 1. The van der Waals surface area contributed by atoms with Gasteiger partial charge in [-0.2, -0.15) is 0 Å². The van der Waals surface area contributed by atoms with Crippen LogP contribution in [0.2, 0.25) is 0 Å². The normalized spacial score (nSPS) is 16.1. The quantitative estimate of drug-likeness (QED) is 0.347. The van der Waals surface area contributed by atoms with Gasteiger partial charge in [0.15, 0.2) is 5.96 Å². The van der Waals surface area contributed by atoms with Crippen LogP contribution >= 0.6 is 35.3 Å². The summed E-state index contributed by atoms with van der Waals surface area (Å²) in [6, 6.07) is 0. The fraction of sp³-hybridized carbons (Fsp3) is 0.733. The molecule has 1 heterocycles. The van der Waals surface area contributed by atoms with E-state index in [-0.39, 0.29) is 36.0 Å². The van der Waals surface area contributed by atoms with E-state index >= 15 is 0 Å². The van der Waals surface area contributed by atoms with Crippen LogP contribution in [0.5, 0.6) is 0 Å². The van der Waals surface area contributed by atoms with Crippen molar-refractivity contribution in [1.82, 2.24) is 15.6 Å². The minimum atomic E-state index is 0. The molecule has 1 aliphatic rings. The summed E-state index contributed by atoms with van der Waals surface area (Å²) >= 11 is 1.77. The largest absolute Gasteiger partial charge is 0.396 e. The van der Waals surface area contributed by atoms with E-state index in [9.17, 15) is 5.11 Å². The zero-order chi connectivity index (χ0) is 15.3. The van der Waals surface area contributed by atoms with Gasteiger partial charge in [-0.15, -0.1) is 35.3 Å². The van der Waals surface area contributed by atoms with Crippen LogP contribution in [0.3, 0.4) is 0 Å². The molecule has 1 aliphatic carbocycles. The highest BCUT2D eigenvalue weighted by Gasteiger charge is 2.41. The SMILES string of the molecule is CCNC(=NCC1(CO)CC1)NCCc1nc(C)c(C)s1.I. The summed E-state index contributed by atoms with van der Waals surface area (Å²) in [5.41, 5.74) is 1.19. The second-order valence-corrected chi connectivity index (χ2v) is 7.07. The third kappa shape index (κ3) is 5.66. The number of aromatic nitrogens is 1. The highest BCUT2D eigenvalue weighted by atomic mass is 127. The molecule has 1 saturated carbocycles. The second kappa shape index (κ2) is 9.02. The fourth-order valence-corrected chi connectivity index (χ4v) is 3.00. The van der Waals surface area contributed by atoms with Gasteiger partial charge in [0.1, 0.15) is 0 Å². The summed E-state index contributed by atoms with van der Waals surface area (Å²) in [7, 11) is 0. The van der Waals surface area contributed by atoms with Crippen LogP contribution in [-0.4, -0.2) is 42.3 Å². The molecule has 2 rings (SSSR count). The zero-order valence-electron chi connectivity index (χ0n) is 13.6. The number of aliphatic hydroxyl groups excluding tert-OH is 1. The number of nitrogens with one attached hydrogen (secondary N) is 2. The first-order valence-electron chi connectivity index (χ1n) is 7.64. The van der Waals surface area contributed by atoms with Crippen LogP contribution in [0.4, 0.5) is 0 Å². The van der Waals surface area contributed by atoms with Crippen molar-refractivity contribution in [2.75, 3.05) is 26.2 Å². The Hall–Kier alpha value is -0.410. The van der Waals surface area contributed by atoms with Crippen molar-refractivity contribution < 1.29 is 5.11 Å². The summed E-state index contributed by atoms with van der Waals surface area (Å²) in [6.45, 7) is 8.83. The van der Waals surface area contributed by atoms with Crippen molar-refractivity contribution >= 4 is 41.3 Å². The van der Waals surface area contributed by atoms with Crippen molar-refractivity contribution in [2.45, 2.75) is 40.0 Å². The van der Waals surface area contributed by atoms with Gasteiger partial charge in [-0.1, -0.05) is 0 Å². The number of halogens is 1. The van der Waals surface area contributed by atoms with Crippen molar-refractivity contribution in [3.63, 3.8) is 0 Å². The summed E-state index contributed by atoms with van der Waals surface area (Å²) < 4.78 is 0. The third-order valence-electron chi connectivity index (χ3n) is 3.91. The zero-order valence-corrected chi connectivity index (χ0v) is 16.8. The van der Waals surface area contributed by atoms with Gasteiger partial charge in [-0.05, 0) is 33.6 Å². The molecule has 0 radical (unpaired) electrons. The molecule has 0 aromatic carbocycles. The number of aliphatic hydroxyl groups is 1. The maximum Gasteiger partial charge on any atom is 0.191 e. The minimum Gasteiger partial charge on any atom is -0.396 e. The Morgan fingerprint density at radius 1 is 1.36 bits per heavy atom. The predicted molar refractivity (Wildman–Crippen MR) is 103 cm³/mol. The highest BCUT2D eigenvalue weighted by Crippen LogP contribution is 2.45. The van der Waals surface area contributed by atoms with Gasteiger partial charge < -0.3 is 15.7 Å². The van der Waals surface area contributed by atoms with E-state index in [1.807, 2.05) is 0 Å². The van der Waals surface area contributed by atoms with Gasteiger partial charge in [-0.25, -0.2) is 4.98 Å². The first-order valence-corrected chi connectivity index (χ1v) is 8.46. The smallest absolute Gasteiger partial charge is 0.191 e. The van der Waals surface area contributed by atoms with Gasteiger partial charge in [0.25, 0.3) is 0 Å². The number of rotatable bonds is 7. The average Bonchev–Trinajstić information content (AvgIpc) is 3.18. The van der Waals surface area contributed by atoms with Gasteiger partial charge in [0.2, 0.25) is 0 Å². The summed E-state index contributed by atoms with van der Waals surface area (Å²) in [4.78, 5) is 10.4. The van der Waals surface area contributed by atoms with Crippen molar-refractivity contribution in [1.29, 1.82) is 0 Å². The molecule has 3 N–H and O–H groups in total. The second-order valence-electron chi connectivity index (χ2n) is 5.78. The van der Waals surface area contributed by atoms with Gasteiger partial charge >= 0.3 is 0 Å². The number of thiazole rings is 1. The standard InChI is InChI=1S/C15H26N4OS.HI/c1-4-16-14(18-9-15(10-20)6-7-15)17-8-5-13-19-11(2)12(3)21-13;/h20H,4-10H2,1-3H3,(H2,16,17,18);1H. The molecule has 1 aromatic heterocycles. The Kier molecular flexibility index (Phi) is 8.06. The molecular formula is C15H27IN4OS. The molecule has 22 heavy (non-hydrogen) atoms. The maximum absolute atomic E-state index is 9.34. The van der Waals surface area contributed by atoms with Crippen LogP contribution < -0.4 is 10.6 Å². The number of hydrogen-bond donors (Lipinski definition) is 3. The third-order valence-corrected chi connectivity index (χ3v) is 5.05. The molecule has 0 bridgehead atoms. The van der Waals surface area contributed by atoms with Crippen LogP contribution in [-0.2, 0) is 6.42 Å². The van der Waals surface area contributed by atoms with E-state index in [4.69, 9.17) is 0 Å². The molecular weight excluding hydrogens is 411 g/mol. The monoisotopic (exact) mass is 438 g/mol. The van der Waals surface area contributed by atoms with E-state index in [2.05, 4.69) is 41.4 Å². The lowest BCUT2D eigenvalue weighted by Gasteiger charge is -2.13. The molecule has 1 aromatic rings. The molecule has 0 unspecified atom stereocenters. The lowest BCUT2D eigenvalue weighted by Crippen LogP contribution is -2.38. The number of aliphatic imine (C=N–C) groups is 1. The molecule has 7 heteroatoms. The first-order chi connectivity index (χ1) is 10.1. The van der Waals surface area contributed by atoms with Gasteiger partial charge in [0.05, 0.1) is 23.9 Å². The summed E-state index contributed by atoms with van der Waals surface area (Å²) in [5, 5.41) is 17.1. The summed E-state index contributed by atoms with van der Waals surface area (Å²) in [5.74, 6) is 0.835. The van der Waals surface area contributed by atoms with E-state index < -0.39 is 0 Å². The fourth-order valence-electron chi connectivity index (χ4n) is 2.07. The van der Waals surface area contributed by atoms with E-state index in [1.165, 1.54) is 9.88 Å².